The first-order valence-electron chi connectivity index (χ1n) is 19.0. The van der Waals surface area contributed by atoms with Crippen molar-refractivity contribution >= 4 is 35.2 Å². The molecular weight excluding hydrogens is 659 g/mol. The lowest BCUT2D eigenvalue weighted by atomic mass is 9.77. The van der Waals surface area contributed by atoms with Crippen LogP contribution < -0.4 is 10.1 Å². The minimum absolute atomic E-state index is 0.127. The highest BCUT2D eigenvalue weighted by Gasteiger charge is 2.41. The molecule has 2 heterocycles. The Bertz CT molecular complexity index is 1730. The molecule has 0 saturated carbocycles. The van der Waals surface area contributed by atoms with Gasteiger partial charge < -0.3 is 29.1 Å². The van der Waals surface area contributed by atoms with Crippen LogP contribution in [0, 0.1) is 4.77 Å². The summed E-state index contributed by atoms with van der Waals surface area (Å²) in [5.41, 5.74) is 5.54. The number of ether oxygens (including phenoxy) is 3. The highest BCUT2D eigenvalue weighted by molar-refractivity contribution is 7.71. The van der Waals surface area contributed by atoms with Crippen molar-refractivity contribution in [3.05, 3.63) is 80.9 Å². The number of allylic oxidation sites excluding steroid dienone is 2. The van der Waals surface area contributed by atoms with E-state index in [0.29, 0.717) is 33.1 Å². The Morgan fingerprint density at radius 1 is 0.804 bits per heavy atom. The van der Waals surface area contributed by atoms with E-state index in [1.54, 1.807) is 0 Å². The normalized spacial score (nSPS) is 14.7. The fraction of sp³-hybridized carbons (Fsp3) is 0.548. The van der Waals surface area contributed by atoms with Gasteiger partial charge in [0.1, 0.15) is 5.75 Å². The lowest BCUT2D eigenvalue weighted by Crippen LogP contribution is -2.35. The van der Waals surface area contributed by atoms with Crippen molar-refractivity contribution in [1.82, 2.24) is 14.9 Å². The molecule has 278 valence electrons. The summed E-state index contributed by atoms with van der Waals surface area (Å²) in [4.78, 5) is 30.9. The molecular formula is C42H59N3O5S. The third-order valence-corrected chi connectivity index (χ3v) is 10.1. The Balaban J connectivity index is 1.64. The zero-order valence-corrected chi connectivity index (χ0v) is 32.5. The molecule has 4 rings (SSSR count). The van der Waals surface area contributed by atoms with E-state index in [-0.39, 0.29) is 12.6 Å². The minimum Gasteiger partial charge on any atom is -0.491 e. The van der Waals surface area contributed by atoms with E-state index >= 15 is 0 Å². The quantitative estimate of drug-likeness (QED) is 0.0643. The number of methoxy groups -OCH3 is 2. The number of aromatic amines is 1. The number of hydrogen-bond acceptors (Lipinski definition) is 7. The molecule has 0 spiro atoms. The van der Waals surface area contributed by atoms with E-state index in [0.717, 1.165) is 41.4 Å². The van der Waals surface area contributed by atoms with Crippen LogP contribution in [0.5, 0.6) is 5.75 Å². The first kappa shape index (κ1) is 39.9. The zero-order valence-electron chi connectivity index (χ0n) is 31.7. The van der Waals surface area contributed by atoms with Gasteiger partial charge in [0.05, 0.1) is 55.0 Å². The molecule has 0 fully saturated rings. The molecule has 1 aliphatic heterocycles. The number of H-pyrrole nitrogens is 1. The van der Waals surface area contributed by atoms with Crippen LogP contribution in [0.2, 0.25) is 0 Å². The molecule has 0 saturated heterocycles. The van der Waals surface area contributed by atoms with Crippen molar-refractivity contribution in [2.45, 2.75) is 136 Å². The maximum atomic E-state index is 14.0. The number of dihydropyridines is 1. The second-order valence-corrected chi connectivity index (χ2v) is 14.4. The van der Waals surface area contributed by atoms with Crippen molar-refractivity contribution in [3.63, 3.8) is 0 Å². The van der Waals surface area contributed by atoms with Gasteiger partial charge >= 0.3 is 11.9 Å². The van der Waals surface area contributed by atoms with Crippen LogP contribution in [0.15, 0.2) is 65.0 Å². The number of aromatic nitrogens is 2. The summed E-state index contributed by atoms with van der Waals surface area (Å²) in [6.45, 7) is 8.34. The van der Waals surface area contributed by atoms with Gasteiger partial charge in [0.25, 0.3) is 0 Å². The van der Waals surface area contributed by atoms with Gasteiger partial charge in [-0.15, -0.1) is 0 Å². The average Bonchev–Trinajstić information content (AvgIpc) is 3.43. The lowest BCUT2D eigenvalue weighted by molar-refractivity contribution is -0.137. The maximum absolute atomic E-state index is 14.0. The molecule has 1 atom stereocenters. The number of rotatable bonds is 21. The van der Waals surface area contributed by atoms with E-state index in [2.05, 4.69) is 23.3 Å². The summed E-state index contributed by atoms with van der Waals surface area (Å²) in [6.07, 6.45) is 17.3. The first-order chi connectivity index (χ1) is 24.7. The molecule has 1 aromatic heterocycles. The van der Waals surface area contributed by atoms with Crippen molar-refractivity contribution in [3.8, 4) is 5.75 Å². The van der Waals surface area contributed by atoms with Gasteiger partial charge in [-0.05, 0) is 69.6 Å². The van der Waals surface area contributed by atoms with Crippen LogP contribution >= 0.6 is 12.2 Å². The second kappa shape index (κ2) is 20.3. The average molecular weight is 718 g/mol. The van der Waals surface area contributed by atoms with Crippen LogP contribution in [0.3, 0.4) is 0 Å². The van der Waals surface area contributed by atoms with Crippen LogP contribution in [0.25, 0.3) is 11.0 Å². The van der Waals surface area contributed by atoms with E-state index in [1.165, 1.54) is 84.8 Å². The Hall–Kier alpha value is -3.85. The van der Waals surface area contributed by atoms with Gasteiger partial charge in [-0.1, -0.05) is 108 Å². The molecule has 2 aromatic carbocycles. The second-order valence-electron chi connectivity index (χ2n) is 14.0. The van der Waals surface area contributed by atoms with Crippen LogP contribution in [0.1, 0.15) is 128 Å². The zero-order chi connectivity index (χ0) is 36.8. The van der Waals surface area contributed by atoms with Crippen molar-refractivity contribution in [2.75, 3.05) is 14.2 Å². The number of imidazole rings is 1. The van der Waals surface area contributed by atoms with Crippen molar-refractivity contribution in [2.24, 2.45) is 0 Å². The number of para-hydroxylation sites is 2. The fourth-order valence-electron chi connectivity index (χ4n) is 7.29. The Morgan fingerprint density at radius 3 is 2.00 bits per heavy atom. The molecule has 1 aliphatic rings. The van der Waals surface area contributed by atoms with Crippen LogP contribution in [-0.2, 0) is 32.0 Å². The Kier molecular flexibility index (Phi) is 15.9. The third-order valence-electron chi connectivity index (χ3n) is 9.81. The number of benzene rings is 2. The number of fused-ring (bicyclic) bond motifs is 1. The number of nitrogens with one attached hydrogen (secondary N) is 2. The molecule has 2 N–H and O–H groups in total. The molecule has 51 heavy (non-hydrogen) atoms. The summed E-state index contributed by atoms with van der Waals surface area (Å²) in [5.74, 6) is -1.19. The van der Waals surface area contributed by atoms with E-state index < -0.39 is 17.9 Å². The minimum atomic E-state index is -0.785. The summed E-state index contributed by atoms with van der Waals surface area (Å²) < 4.78 is 19.7. The molecule has 3 aromatic rings. The summed E-state index contributed by atoms with van der Waals surface area (Å²) >= 11 is 5.74. The number of carbonyl (C=O) groups excluding carboxylic acids is 2. The molecule has 8 nitrogen and oxygen atoms in total. The van der Waals surface area contributed by atoms with Crippen molar-refractivity contribution in [1.29, 1.82) is 0 Å². The molecule has 0 bridgehead atoms. The topological polar surface area (TPSA) is 94.6 Å². The first-order valence-corrected chi connectivity index (χ1v) is 19.5. The monoisotopic (exact) mass is 717 g/mol. The summed E-state index contributed by atoms with van der Waals surface area (Å²) in [6, 6.07) is 13.9. The number of nitrogens with zero attached hydrogens (tertiary/aromatic N) is 1. The predicted octanol–water partition coefficient (Wildman–Crippen LogP) is 10.4. The van der Waals surface area contributed by atoms with E-state index in [1.807, 2.05) is 61.7 Å². The van der Waals surface area contributed by atoms with E-state index in [4.69, 9.17) is 26.4 Å². The molecule has 0 aliphatic carbocycles. The lowest BCUT2D eigenvalue weighted by Gasteiger charge is -2.33. The largest absolute Gasteiger partial charge is 0.491 e. The number of esters is 2. The fourth-order valence-corrected chi connectivity index (χ4v) is 7.56. The van der Waals surface area contributed by atoms with Gasteiger partial charge in [0, 0.05) is 17.0 Å². The van der Waals surface area contributed by atoms with Crippen molar-refractivity contribution < 1.29 is 23.8 Å². The van der Waals surface area contributed by atoms with Gasteiger partial charge in [0.15, 0.2) is 4.77 Å². The number of carbonyl (C=O) groups is 2. The third kappa shape index (κ3) is 10.6. The van der Waals surface area contributed by atoms with Gasteiger partial charge in [-0.2, -0.15) is 0 Å². The van der Waals surface area contributed by atoms with Gasteiger partial charge in [-0.25, -0.2) is 9.59 Å². The highest BCUT2D eigenvalue weighted by atomic mass is 32.1. The smallest absolute Gasteiger partial charge is 0.336 e. The Labute approximate surface area is 310 Å². The SMILES string of the molecule is CCCCCCCCCCCCCCCc1cccc(OC(C)C)c1C1C(C(=O)OC)=C(C)NC(Cn2c(=S)[nH]c3ccccc32)=C1C(=O)OC. The summed E-state index contributed by atoms with van der Waals surface area (Å²) in [7, 11) is 2.74. The van der Waals surface area contributed by atoms with Crippen LogP contribution in [0.4, 0.5) is 0 Å². The Morgan fingerprint density at radius 2 is 1.39 bits per heavy atom. The number of unbranched alkanes of at least 4 members (excludes halogenated alkanes) is 12. The maximum Gasteiger partial charge on any atom is 0.336 e. The standard InChI is InChI=1S/C42H59N3O5S/c1-7-8-9-10-11-12-13-14-15-16-17-18-19-23-31-24-22-27-35(50-29(2)3)37(31)39-36(40(46)48-5)30(4)43-33(38(39)41(47)49-6)28-45-34-26-21-20-25-32(34)44-42(45)51/h20-22,24-27,29,39,43H,7-19,23,28H2,1-6H3,(H,44,51). The molecule has 9 heteroatoms. The van der Waals surface area contributed by atoms with Gasteiger partial charge in [-0.3, -0.25) is 0 Å². The predicted molar refractivity (Wildman–Crippen MR) is 208 cm³/mol. The summed E-state index contributed by atoms with van der Waals surface area (Å²) in [5, 5.41) is 3.39. The van der Waals surface area contributed by atoms with Gasteiger partial charge in [0.2, 0.25) is 0 Å². The molecule has 0 amide bonds. The molecule has 0 radical (unpaired) electrons. The highest BCUT2D eigenvalue weighted by Crippen LogP contribution is 2.45. The van der Waals surface area contributed by atoms with E-state index in [9.17, 15) is 9.59 Å². The number of hydrogen-bond donors (Lipinski definition) is 2. The number of aryl methyl sites for hydroxylation is 1. The molecule has 1 unspecified atom stereocenters. The van der Waals surface area contributed by atoms with Crippen LogP contribution in [-0.4, -0.2) is 41.8 Å².